The van der Waals surface area contributed by atoms with Crippen molar-refractivity contribution in [3.63, 3.8) is 0 Å². The van der Waals surface area contributed by atoms with Crippen LogP contribution in [0.3, 0.4) is 0 Å². The molecule has 1 aromatic carbocycles. The van der Waals surface area contributed by atoms with Crippen LogP contribution in [0.2, 0.25) is 0 Å². The summed E-state index contributed by atoms with van der Waals surface area (Å²) in [6.45, 7) is 5.66. The smallest absolute Gasteiger partial charge is 0.402 e. The normalized spacial score (nSPS) is 13.6. The molecule has 0 bridgehead atoms. The Morgan fingerprint density at radius 2 is 1.83 bits per heavy atom. The molecule has 0 fully saturated rings. The number of nitrogens with zero attached hydrogens (tertiary/aromatic N) is 2. The minimum Gasteiger partial charge on any atom is -0.603 e. The molecular formula is C12H14N2O3S. The van der Waals surface area contributed by atoms with Crippen LogP contribution in [0.1, 0.15) is 26.5 Å². The van der Waals surface area contributed by atoms with E-state index >= 15 is 0 Å². The molecule has 0 radical (unpaired) electrons. The summed E-state index contributed by atoms with van der Waals surface area (Å²) in [7, 11) is 0. The zero-order valence-electron chi connectivity index (χ0n) is 10.4. The van der Waals surface area contributed by atoms with Crippen LogP contribution in [0, 0.1) is 5.21 Å². The molecule has 1 unspecified atom stereocenters. The van der Waals surface area contributed by atoms with E-state index < -0.39 is 16.6 Å². The molecule has 0 N–H and O–H groups in total. The predicted molar refractivity (Wildman–Crippen MR) is 65.3 cm³/mol. The van der Waals surface area contributed by atoms with E-state index in [4.69, 9.17) is 0 Å². The molecule has 0 saturated carbocycles. The maximum atomic E-state index is 12.4. The first-order valence-electron chi connectivity index (χ1n) is 5.48. The summed E-state index contributed by atoms with van der Waals surface area (Å²) in [5.41, 5.74) is 0.0125. The first kappa shape index (κ1) is 12.9. The summed E-state index contributed by atoms with van der Waals surface area (Å²) in [6, 6.07) is 8.77. The third kappa shape index (κ3) is 2.34. The van der Waals surface area contributed by atoms with Crippen LogP contribution in [0.15, 0.2) is 44.9 Å². The average Bonchev–Trinajstić information content (AvgIpc) is 2.71. The van der Waals surface area contributed by atoms with E-state index in [1.165, 1.54) is 0 Å². The molecule has 0 spiro atoms. The summed E-state index contributed by atoms with van der Waals surface area (Å²) in [6.07, 6.45) is 0. The maximum absolute atomic E-state index is 12.4. The monoisotopic (exact) mass is 266 g/mol. The first-order valence-corrected chi connectivity index (χ1v) is 6.63. The fraction of sp³-hybridized carbons (Fsp3) is 0.333. The first-order chi connectivity index (χ1) is 8.41. The number of benzene rings is 1. The van der Waals surface area contributed by atoms with Gasteiger partial charge in [0, 0.05) is 15.5 Å². The summed E-state index contributed by atoms with van der Waals surface area (Å²) in [5, 5.41) is 15.4. The van der Waals surface area contributed by atoms with Crippen molar-refractivity contribution >= 4 is 11.2 Å². The van der Waals surface area contributed by atoms with Crippen molar-refractivity contribution in [3.05, 3.63) is 41.2 Å². The van der Waals surface area contributed by atoms with Gasteiger partial charge in [0.1, 0.15) is 0 Å². The molecule has 0 saturated heterocycles. The molecule has 0 aliphatic carbocycles. The van der Waals surface area contributed by atoms with Gasteiger partial charge < -0.3 is 9.76 Å². The second-order valence-electron chi connectivity index (χ2n) is 4.92. The molecule has 18 heavy (non-hydrogen) atoms. The minimum absolute atomic E-state index is 0.0636. The number of hydrogen-bond donors (Lipinski definition) is 0. The van der Waals surface area contributed by atoms with E-state index in [-0.39, 0.29) is 9.93 Å². The average molecular weight is 266 g/mol. The van der Waals surface area contributed by atoms with Gasteiger partial charge in [-0.05, 0) is 12.1 Å². The van der Waals surface area contributed by atoms with Crippen molar-refractivity contribution in [2.45, 2.75) is 36.1 Å². The second-order valence-corrected chi connectivity index (χ2v) is 6.31. The van der Waals surface area contributed by atoms with E-state index in [2.05, 4.69) is 9.79 Å². The maximum Gasteiger partial charge on any atom is 0.402 e. The molecule has 0 amide bonds. The van der Waals surface area contributed by atoms with Gasteiger partial charge in [-0.25, -0.2) is 0 Å². The van der Waals surface area contributed by atoms with Crippen molar-refractivity contribution in [2.75, 3.05) is 0 Å². The Morgan fingerprint density at radius 3 is 2.39 bits per heavy atom. The van der Waals surface area contributed by atoms with Gasteiger partial charge in [-0.3, -0.25) is 4.63 Å². The third-order valence-electron chi connectivity index (χ3n) is 2.42. The van der Waals surface area contributed by atoms with Gasteiger partial charge in [-0.15, -0.1) is 0 Å². The van der Waals surface area contributed by atoms with Crippen LogP contribution in [-0.4, -0.2) is 9.71 Å². The third-order valence-corrected chi connectivity index (χ3v) is 3.81. The SMILES string of the molecule is CC(C)(C)c1no[n+]([O-])c1[S+]([O-])c1ccccc1. The van der Waals surface area contributed by atoms with Crippen LogP contribution in [-0.2, 0) is 16.6 Å². The van der Waals surface area contributed by atoms with E-state index in [0.29, 0.717) is 10.6 Å². The highest BCUT2D eigenvalue weighted by Gasteiger charge is 2.39. The van der Waals surface area contributed by atoms with Gasteiger partial charge in [0.2, 0.25) is 0 Å². The highest BCUT2D eigenvalue weighted by molar-refractivity contribution is 7.91. The highest BCUT2D eigenvalue weighted by atomic mass is 32.2. The topological polar surface area (TPSA) is 76.0 Å². The summed E-state index contributed by atoms with van der Waals surface area (Å²) < 4.78 is 17.0. The lowest BCUT2D eigenvalue weighted by molar-refractivity contribution is -0.832. The summed E-state index contributed by atoms with van der Waals surface area (Å²) in [4.78, 5) is 0.778. The van der Waals surface area contributed by atoms with Gasteiger partial charge in [-0.1, -0.05) is 39.0 Å². The van der Waals surface area contributed by atoms with Crippen molar-refractivity contribution in [3.8, 4) is 0 Å². The lowest BCUT2D eigenvalue weighted by atomic mass is 9.93. The molecule has 96 valence electrons. The van der Waals surface area contributed by atoms with Crippen molar-refractivity contribution in [1.82, 2.24) is 5.16 Å². The van der Waals surface area contributed by atoms with E-state index in [1.807, 2.05) is 26.8 Å². The van der Waals surface area contributed by atoms with Gasteiger partial charge >= 0.3 is 5.03 Å². The fourth-order valence-electron chi connectivity index (χ4n) is 1.51. The Morgan fingerprint density at radius 1 is 1.22 bits per heavy atom. The Labute approximate surface area is 108 Å². The molecule has 2 rings (SSSR count). The number of aromatic nitrogens is 2. The lowest BCUT2D eigenvalue weighted by Gasteiger charge is -2.12. The Hall–Kier alpha value is -1.53. The zero-order valence-corrected chi connectivity index (χ0v) is 11.2. The van der Waals surface area contributed by atoms with E-state index in [0.717, 1.165) is 0 Å². The lowest BCUT2D eigenvalue weighted by Crippen LogP contribution is -2.33. The quantitative estimate of drug-likeness (QED) is 0.613. The number of hydrogen-bond acceptors (Lipinski definition) is 4. The van der Waals surface area contributed by atoms with Crippen LogP contribution in [0.4, 0.5) is 0 Å². The van der Waals surface area contributed by atoms with Gasteiger partial charge in [0.25, 0.3) is 5.69 Å². The molecule has 2 aromatic rings. The Bertz CT molecular complexity index is 534. The van der Waals surface area contributed by atoms with Gasteiger partial charge in [0.05, 0.1) is 11.2 Å². The molecular weight excluding hydrogens is 252 g/mol. The summed E-state index contributed by atoms with van der Waals surface area (Å²) in [5.74, 6) is 0. The highest BCUT2D eigenvalue weighted by Crippen LogP contribution is 2.28. The number of rotatable bonds is 2. The molecule has 1 heterocycles. The van der Waals surface area contributed by atoms with Crippen molar-refractivity contribution in [2.24, 2.45) is 0 Å². The zero-order chi connectivity index (χ0) is 13.3. The second kappa shape index (κ2) is 4.62. The summed E-state index contributed by atoms with van der Waals surface area (Å²) >= 11 is -1.59. The standard InChI is InChI=1S/C12H14N2O3S/c1-12(2,3)10-11(14(15)17-13-10)18(16)9-7-5-4-6-8-9/h4-8H,1-3H3. The van der Waals surface area contributed by atoms with E-state index in [1.54, 1.807) is 24.3 Å². The van der Waals surface area contributed by atoms with Crippen LogP contribution in [0.25, 0.3) is 0 Å². The van der Waals surface area contributed by atoms with Crippen LogP contribution in [0.5, 0.6) is 0 Å². The molecule has 1 atom stereocenters. The van der Waals surface area contributed by atoms with Gasteiger partial charge in [0.15, 0.2) is 4.90 Å². The molecule has 0 aliphatic heterocycles. The predicted octanol–water partition coefficient (Wildman–Crippen LogP) is 1.77. The minimum atomic E-state index is -1.59. The molecule has 1 aromatic heterocycles. The van der Waals surface area contributed by atoms with Gasteiger partial charge in [-0.2, -0.15) is 0 Å². The largest absolute Gasteiger partial charge is 0.603 e. The van der Waals surface area contributed by atoms with Crippen molar-refractivity contribution < 1.29 is 14.1 Å². The Balaban J connectivity index is 2.48. The molecule has 0 aliphatic rings. The molecule has 5 nitrogen and oxygen atoms in total. The molecule has 6 heteroatoms. The Kier molecular flexibility index (Phi) is 3.32. The van der Waals surface area contributed by atoms with Crippen LogP contribution >= 0.6 is 0 Å². The van der Waals surface area contributed by atoms with Crippen molar-refractivity contribution in [1.29, 1.82) is 0 Å². The fourth-order valence-corrected chi connectivity index (χ4v) is 2.82. The van der Waals surface area contributed by atoms with Crippen LogP contribution < -0.4 is 4.90 Å². The van der Waals surface area contributed by atoms with E-state index in [9.17, 15) is 9.76 Å².